The van der Waals surface area contributed by atoms with Gasteiger partial charge in [-0.15, -0.1) is 0 Å². The molecule has 0 aliphatic rings. The molecule has 0 aromatic carbocycles. The van der Waals surface area contributed by atoms with Crippen molar-refractivity contribution in [2.45, 2.75) is 219 Å². The summed E-state index contributed by atoms with van der Waals surface area (Å²) in [4.78, 5) is 34.9. The number of hydrogen-bond donors (Lipinski definition) is 2. The summed E-state index contributed by atoms with van der Waals surface area (Å²) < 4.78 is 32.8. The highest BCUT2D eigenvalue weighted by atomic mass is 31.2. The number of carbonyl (C=O) groups excluding carboxylic acids is 2. The number of ether oxygens (including phenoxy) is 2. The van der Waals surface area contributed by atoms with Gasteiger partial charge in [0.15, 0.2) is 6.10 Å². The fraction of sp³-hybridized carbons (Fsp3) is 0.826. The van der Waals surface area contributed by atoms with E-state index in [9.17, 15) is 19.0 Å². The lowest BCUT2D eigenvalue weighted by Gasteiger charge is -2.19. The van der Waals surface area contributed by atoms with Crippen molar-refractivity contribution in [3.63, 3.8) is 0 Å². The van der Waals surface area contributed by atoms with Gasteiger partial charge in [-0.25, -0.2) is 4.57 Å². The van der Waals surface area contributed by atoms with Gasteiger partial charge in [-0.2, -0.15) is 0 Å². The molecule has 56 heavy (non-hydrogen) atoms. The number of esters is 2. The number of carbonyl (C=O) groups is 2. The topological polar surface area (TPSA) is 134 Å². The van der Waals surface area contributed by atoms with Crippen LogP contribution in [0.15, 0.2) is 36.5 Å². The highest BCUT2D eigenvalue weighted by Gasteiger charge is 2.26. The molecule has 0 aliphatic carbocycles. The number of phosphoric acid groups is 1. The van der Waals surface area contributed by atoms with E-state index in [1.54, 1.807) is 0 Å². The lowest BCUT2D eigenvalue weighted by Crippen LogP contribution is -2.29. The Morgan fingerprint density at radius 3 is 1.45 bits per heavy atom. The number of rotatable bonds is 43. The summed E-state index contributed by atoms with van der Waals surface area (Å²) >= 11 is 0. The fourth-order valence-corrected chi connectivity index (χ4v) is 7.22. The maximum Gasteiger partial charge on any atom is 0.472 e. The van der Waals surface area contributed by atoms with E-state index in [1.165, 1.54) is 122 Å². The normalized spacial score (nSPS) is 13.6. The molecule has 0 saturated carbocycles. The maximum atomic E-state index is 12.6. The Balaban J connectivity index is 4.03. The minimum Gasteiger partial charge on any atom is -0.462 e. The molecule has 0 spiro atoms. The van der Waals surface area contributed by atoms with Gasteiger partial charge in [0.2, 0.25) is 0 Å². The van der Waals surface area contributed by atoms with Crippen molar-refractivity contribution in [1.82, 2.24) is 0 Å². The van der Waals surface area contributed by atoms with Gasteiger partial charge in [0.25, 0.3) is 0 Å². The SMILES string of the molecule is CC/C=C/C=C/C=C/CCCCCCCC(=O)OC(COC(=O)CCCCCCCCCCCCCCCCCCCCCCCC)COP(=O)(O)OCCN. The van der Waals surface area contributed by atoms with E-state index in [0.717, 1.165) is 57.8 Å². The Morgan fingerprint density at radius 1 is 0.554 bits per heavy atom. The van der Waals surface area contributed by atoms with E-state index in [-0.39, 0.29) is 38.6 Å². The van der Waals surface area contributed by atoms with Crippen molar-refractivity contribution in [3.05, 3.63) is 36.5 Å². The minimum atomic E-state index is -4.38. The summed E-state index contributed by atoms with van der Waals surface area (Å²) in [5.74, 6) is -0.846. The molecule has 9 nitrogen and oxygen atoms in total. The van der Waals surface area contributed by atoms with Crippen LogP contribution in [0.4, 0.5) is 0 Å². The maximum absolute atomic E-state index is 12.6. The predicted molar refractivity (Wildman–Crippen MR) is 234 cm³/mol. The van der Waals surface area contributed by atoms with Gasteiger partial charge < -0.3 is 20.1 Å². The monoisotopic (exact) mass is 812 g/mol. The third kappa shape index (κ3) is 41.9. The standard InChI is InChI=1S/C46H86NO8P/c1-3-5-7-9-11-13-15-17-18-19-20-21-22-23-24-25-27-28-30-32-34-36-38-45(48)52-42-44(43-54-56(50,51)53-41-40-47)55-46(49)39-37-35-33-31-29-26-16-14-12-10-8-6-4-2/h6,8,10,12,14,16,44H,3-5,7,9,11,13,15,17-43,47H2,1-2H3,(H,50,51)/b8-6+,12-10+,16-14+. The molecule has 10 heteroatoms. The zero-order valence-electron chi connectivity index (χ0n) is 36.1. The molecule has 0 aromatic rings. The number of hydrogen-bond acceptors (Lipinski definition) is 8. The van der Waals surface area contributed by atoms with E-state index in [0.29, 0.717) is 6.42 Å². The van der Waals surface area contributed by atoms with Crippen LogP contribution in [0, 0.1) is 0 Å². The average Bonchev–Trinajstić information content (AvgIpc) is 3.18. The van der Waals surface area contributed by atoms with Crippen LogP contribution < -0.4 is 5.73 Å². The first-order valence-electron chi connectivity index (χ1n) is 23.0. The van der Waals surface area contributed by atoms with Gasteiger partial charge in [-0.05, 0) is 32.1 Å². The first-order chi connectivity index (χ1) is 27.3. The van der Waals surface area contributed by atoms with Gasteiger partial charge in [0.1, 0.15) is 6.61 Å². The molecular formula is C46H86NO8P. The molecule has 0 aliphatic heterocycles. The van der Waals surface area contributed by atoms with Gasteiger partial charge in [0, 0.05) is 19.4 Å². The van der Waals surface area contributed by atoms with E-state index in [1.807, 2.05) is 18.2 Å². The Hall–Kier alpha value is -1.77. The molecule has 0 fully saturated rings. The van der Waals surface area contributed by atoms with Gasteiger partial charge in [-0.1, -0.05) is 204 Å². The van der Waals surface area contributed by atoms with Crippen LogP contribution in [-0.2, 0) is 32.7 Å². The second-order valence-corrected chi connectivity index (χ2v) is 16.8. The summed E-state index contributed by atoms with van der Waals surface area (Å²) in [7, 11) is -4.38. The van der Waals surface area contributed by atoms with Crippen LogP contribution in [0.5, 0.6) is 0 Å². The first-order valence-corrected chi connectivity index (χ1v) is 24.5. The van der Waals surface area contributed by atoms with Gasteiger partial charge in [-0.3, -0.25) is 18.6 Å². The van der Waals surface area contributed by atoms with Crippen molar-refractivity contribution in [2.75, 3.05) is 26.4 Å². The fourth-order valence-electron chi connectivity index (χ4n) is 6.46. The summed E-state index contributed by atoms with van der Waals surface area (Å²) in [5.41, 5.74) is 5.35. The molecule has 0 amide bonds. The second kappa shape index (κ2) is 42.8. The summed E-state index contributed by atoms with van der Waals surface area (Å²) in [6, 6.07) is 0. The highest BCUT2D eigenvalue weighted by Crippen LogP contribution is 2.43. The number of unbranched alkanes of at least 4 members (excludes halogenated alkanes) is 26. The molecule has 2 unspecified atom stereocenters. The molecule has 0 radical (unpaired) electrons. The summed E-state index contributed by atoms with van der Waals surface area (Å²) in [6.45, 7) is 3.60. The number of nitrogens with two attached hydrogens (primary N) is 1. The molecule has 0 heterocycles. The molecule has 0 rings (SSSR count). The average molecular weight is 812 g/mol. The van der Waals surface area contributed by atoms with Crippen molar-refractivity contribution in [2.24, 2.45) is 5.73 Å². The summed E-state index contributed by atoms with van der Waals surface area (Å²) in [6.07, 6.45) is 47.6. The lowest BCUT2D eigenvalue weighted by molar-refractivity contribution is -0.161. The second-order valence-electron chi connectivity index (χ2n) is 15.3. The smallest absolute Gasteiger partial charge is 0.462 e. The highest BCUT2D eigenvalue weighted by molar-refractivity contribution is 7.47. The predicted octanol–water partition coefficient (Wildman–Crippen LogP) is 13.3. The zero-order chi connectivity index (χ0) is 41.1. The molecule has 0 saturated heterocycles. The molecular weight excluding hydrogens is 725 g/mol. The van der Waals surface area contributed by atoms with Crippen LogP contribution in [0.3, 0.4) is 0 Å². The van der Waals surface area contributed by atoms with Crippen molar-refractivity contribution < 1.29 is 37.6 Å². The zero-order valence-corrected chi connectivity index (χ0v) is 37.0. The number of allylic oxidation sites excluding steroid dienone is 6. The van der Waals surface area contributed by atoms with Crippen LogP contribution in [0.1, 0.15) is 213 Å². The van der Waals surface area contributed by atoms with Crippen LogP contribution in [0.25, 0.3) is 0 Å². The van der Waals surface area contributed by atoms with E-state index >= 15 is 0 Å². The molecule has 2 atom stereocenters. The quantitative estimate of drug-likeness (QED) is 0.0267. The van der Waals surface area contributed by atoms with Crippen LogP contribution in [-0.4, -0.2) is 49.3 Å². The van der Waals surface area contributed by atoms with Crippen LogP contribution >= 0.6 is 7.82 Å². The Labute approximate surface area is 344 Å². The molecule has 0 bridgehead atoms. The Kier molecular flexibility index (Phi) is 41.5. The molecule has 328 valence electrons. The van der Waals surface area contributed by atoms with E-state index in [4.69, 9.17) is 24.3 Å². The Bertz CT molecular complexity index is 1020. The van der Waals surface area contributed by atoms with Gasteiger partial charge in [0.05, 0.1) is 13.2 Å². The molecule has 3 N–H and O–H groups in total. The Morgan fingerprint density at radius 2 is 0.982 bits per heavy atom. The number of phosphoric ester groups is 1. The van der Waals surface area contributed by atoms with E-state index in [2.05, 4.69) is 32.1 Å². The van der Waals surface area contributed by atoms with Crippen LogP contribution in [0.2, 0.25) is 0 Å². The van der Waals surface area contributed by atoms with E-state index < -0.39 is 26.5 Å². The summed E-state index contributed by atoms with van der Waals surface area (Å²) in [5, 5.41) is 0. The third-order valence-electron chi connectivity index (χ3n) is 9.85. The van der Waals surface area contributed by atoms with Crippen molar-refractivity contribution >= 4 is 19.8 Å². The van der Waals surface area contributed by atoms with Crippen molar-refractivity contribution in [1.29, 1.82) is 0 Å². The largest absolute Gasteiger partial charge is 0.472 e. The van der Waals surface area contributed by atoms with Gasteiger partial charge >= 0.3 is 19.8 Å². The van der Waals surface area contributed by atoms with Crippen molar-refractivity contribution in [3.8, 4) is 0 Å². The lowest BCUT2D eigenvalue weighted by atomic mass is 10.0. The first kappa shape index (κ1) is 54.2. The molecule has 0 aromatic heterocycles. The minimum absolute atomic E-state index is 0.0501. The third-order valence-corrected chi connectivity index (χ3v) is 10.8.